The summed E-state index contributed by atoms with van der Waals surface area (Å²) in [6.45, 7) is 3.27. The molecule has 1 unspecified atom stereocenters. The Morgan fingerprint density at radius 3 is 2.81 bits per heavy atom. The van der Waals surface area contributed by atoms with Gasteiger partial charge in [0.25, 0.3) is 5.91 Å². The second-order valence-electron chi connectivity index (χ2n) is 7.56. The summed E-state index contributed by atoms with van der Waals surface area (Å²) >= 11 is 0. The van der Waals surface area contributed by atoms with Crippen LogP contribution < -0.4 is 11.1 Å². The topological polar surface area (TPSA) is 58.4 Å². The maximum atomic E-state index is 12.8. The van der Waals surface area contributed by atoms with Crippen molar-refractivity contribution in [3.63, 3.8) is 0 Å². The van der Waals surface area contributed by atoms with Gasteiger partial charge in [0.2, 0.25) is 0 Å². The van der Waals surface area contributed by atoms with Crippen LogP contribution in [0, 0.1) is 0 Å². The molecule has 4 nitrogen and oxygen atoms in total. The van der Waals surface area contributed by atoms with Crippen LogP contribution in [0.1, 0.15) is 58.8 Å². The van der Waals surface area contributed by atoms with Gasteiger partial charge in [0, 0.05) is 17.8 Å². The lowest BCUT2D eigenvalue weighted by Crippen LogP contribution is -2.31. The fourth-order valence-electron chi connectivity index (χ4n) is 4.24. The van der Waals surface area contributed by atoms with Crippen molar-refractivity contribution in [3.8, 4) is 0 Å². The zero-order valence-corrected chi connectivity index (χ0v) is 15.2. The van der Waals surface area contributed by atoms with E-state index in [1.807, 2.05) is 30.3 Å². The normalized spacial score (nSPS) is 19.9. The third-order valence-electron chi connectivity index (χ3n) is 5.58. The molecule has 0 spiro atoms. The molecule has 2 aliphatic rings. The third-order valence-corrected chi connectivity index (χ3v) is 5.58. The van der Waals surface area contributed by atoms with Gasteiger partial charge in [-0.25, -0.2) is 0 Å². The van der Waals surface area contributed by atoms with Crippen molar-refractivity contribution in [1.29, 1.82) is 0 Å². The first-order chi connectivity index (χ1) is 12.7. The van der Waals surface area contributed by atoms with E-state index in [-0.39, 0.29) is 11.9 Å². The molecule has 2 aromatic rings. The molecule has 136 valence electrons. The molecule has 1 aliphatic heterocycles. The van der Waals surface area contributed by atoms with Crippen LogP contribution in [0.25, 0.3) is 0 Å². The Balaban J connectivity index is 1.47. The number of fused-ring (bicyclic) bond motifs is 1. The molecular formula is C22H27N3O. The van der Waals surface area contributed by atoms with Crippen LogP contribution in [0.5, 0.6) is 0 Å². The highest BCUT2D eigenvalue weighted by Gasteiger charge is 2.22. The number of nitrogen functional groups attached to an aromatic ring is 1. The molecule has 1 heterocycles. The van der Waals surface area contributed by atoms with Crippen molar-refractivity contribution in [3.05, 3.63) is 64.7 Å². The molecule has 0 bridgehead atoms. The first kappa shape index (κ1) is 17.1. The number of rotatable bonds is 4. The molecule has 0 radical (unpaired) electrons. The smallest absolute Gasteiger partial charge is 0.251 e. The number of carbonyl (C=O) groups excluding carboxylic acids is 1. The summed E-state index contributed by atoms with van der Waals surface area (Å²) in [6, 6.07) is 14.2. The molecule has 0 aromatic heterocycles. The van der Waals surface area contributed by atoms with E-state index >= 15 is 0 Å². The summed E-state index contributed by atoms with van der Waals surface area (Å²) in [5, 5.41) is 3.24. The lowest BCUT2D eigenvalue weighted by molar-refractivity contribution is 0.0932. The monoisotopic (exact) mass is 349 g/mol. The molecule has 4 heteroatoms. The molecule has 0 saturated carbocycles. The van der Waals surface area contributed by atoms with Gasteiger partial charge in [-0.3, -0.25) is 9.69 Å². The number of amides is 1. The van der Waals surface area contributed by atoms with Gasteiger partial charge in [0.05, 0.1) is 6.04 Å². The Morgan fingerprint density at radius 1 is 1.12 bits per heavy atom. The molecule has 26 heavy (non-hydrogen) atoms. The van der Waals surface area contributed by atoms with Crippen molar-refractivity contribution in [2.24, 2.45) is 0 Å². The molecule has 3 N–H and O–H groups in total. The van der Waals surface area contributed by atoms with Gasteiger partial charge in [0.1, 0.15) is 0 Å². The molecule has 4 rings (SSSR count). The fraction of sp³-hybridized carbons (Fsp3) is 0.409. The van der Waals surface area contributed by atoms with Crippen LogP contribution >= 0.6 is 0 Å². The molecule has 1 amide bonds. The zero-order chi connectivity index (χ0) is 17.9. The van der Waals surface area contributed by atoms with E-state index in [1.54, 1.807) is 0 Å². The average Bonchev–Trinajstić information content (AvgIpc) is 3.15. The van der Waals surface area contributed by atoms with Gasteiger partial charge < -0.3 is 11.1 Å². The number of carbonyl (C=O) groups is 1. The number of nitrogens with zero attached hydrogens (tertiary/aromatic N) is 1. The molecule has 1 fully saturated rings. The van der Waals surface area contributed by atoms with Crippen molar-refractivity contribution in [2.45, 2.75) is 44.7 Å². The minimum atomic E-state index is 0.0166. The summed E-state index contributed by atoms with van der Waals surface area (Å²) in [7, 11) is 0. The van der Waals surface area contributed by atoms with E-state index in [1.165, 1.54) is 42.6 Å². The highest BCUT2D eigenvalue weighted by molar-refractivity contribution is 5.94. The second-order valence-corrected chi connectivity index (χ2v) is 7.56. The average molecular weight is 349 g/mol. The Bertz CT molecular complexity index is 796. The molecule has 2 aromatic carbocycles. The predicted molar refractivity (Wildman–Crippen MR) is 105 cm³/mol. The Morgan fingerprint density at radius 2 is 1.96 bits per heavy atom. The summed E-state index contributed by atoms with van der Waals surface area (Å²) in [6.07, 6.45) is 5.67. The maximum Gasteiger partial charge on any atom is 0.251 e. The number of nitrogens with two attached hydrogens (primary N) is 1. The first-order valence-corrected chi connectivity index (χ1v) is 9.69. The Hall–Kier alpha value is -2.33. The predicted octanol–water partition coefficient (Wildman–Crippen LogP) is 3.67. The fourth-order valence-corrected chi connectivity index (χ4v) is 4.24. The van der Waals surface area contributed by atoms with E-state index < -0.39 is 0 Å². The molecule has 1 atom stereocenters. The molecule has 1 saturated heterocycles. The summed E-state index contributed by atoms with van der Waals surface area (Å²) in [5.41, 5.74) is 11.2. The van der Waals surface area contributed by atoms with Crippen LogP contribution in [0.3, 0.4) is 0 Å². The van der Waals surface area contributed by atoms with Crippen LogP contribution in [0.2, 0.25) is 0 Å². The summed E-state index contributed by atoms with van der Waals surface area (Å²) in [4.78, 5) is 15.3. The largest absolute Gasteiger partial charge is 0.399 e. The van der Waals surface area contributed by atoms with E-state index in [0.29, 0.717) is 0 Å². The van der Waals surface area contributed by atoms with Gasteiger partial charge in [0.15, 0.2) is 0 Å². The van der Waals surface area contributed by atoms with Gasteiger partial charge >= 0.3 is 0 Å². The van der Waals surface area contributed by atoms with Crippen LogP contribution in [-0.2, 0) is 13.0 Å². The number of benzene rings is 2. The SMILES string of the molecule is Nc1ccc2c(c1)CCCC2NC(=O)c1cccc(CN2CCCC2)c1. The van der Waals surface area contributed by atoms with E-state index in [2.05, 4.69) is 22.3 Å². The van der Waals surface area contributed by atoms with Gasteiger partial charge in [-0.2, -0.15) is 0 Å². The van der Waals surface area contributed by atoms with E-state index in [9.17, 15) is 4.79 Å². The second kappa shape index (κ2) is 7.50. The molecular weight excluding hydrogens is 322 g/mol. The van der Waals surface area contributed by atoms with Crippen LogP contribution in [0.15, 0.2) is 42.5 Å². The standard InChI is InChI=1S/C22H27N3O/c23-19-9-10-20-17(14-19)6-4-8-21(20)24-22(26)18-7-3-5-16(13-18)15-25-11-1-2-12-25/h3,5,7,9-10,13-14,21H,1-2,4,6,8,11-12,15,23H2,(H,24,26). The number of hydrogen-bond acceptors (Lipinski definition) is 3. The first-order valence-electron chi connectivity index (χ1n) is 9.69. The quantitative estimate of drug-likeness (QED) is 0.828. The number of likely N-dealkylation sites (tertiary alicyclic amines) is 1. The number of aryl methyl sites for hydroxylation is 1. The van der Waals surface area contributed by atoms with Crippen molar-refractivity contribution in [2.75, 3.05) is 18.8 Å². The lowest BCUT2D eigenvalue weighted by atomic mass is 9.87. The summed E-state index contributed by atoms with van der Waals surface area (Å²) in [5.74, 6) is 0.0166. The van der Waals surface area contributed by atoms with E-state index in [4.69, 9.17) is 5.73 Å². The van der Waals surface area contributed by atoms with Gasteiger partial charge in [-0.1, -0.05) is 18.2 Å². The van der Waals surface area contributed by atoms with Gasteiger partial charge in [-0.05, 0) is 86.1 Å². The Kier molecular flexibility index (Phi) is 4.93. The maximum absolute atomic E-state index is 12.8. The van der Waals surface area contributed by atoms with Crippen molar-refractivity contribution < 1.29 is 4.79 Å². The van der Waals surface area contributed by atoms with Crippen molar-refractivity contribution in [1.82, 2.24) is 10.2 Å². The molecule has 1 aliphatic carbocycles. The van der Waals surface area contributed by atoms with Gasteiger partial charge in [-0.15, -0.1) is 0 Å². The van der Waals surface area contributed by atoms with E-state index in [0.717, 1.165) is 37.1 Å². The number of nitrogens with one attached hydrogen (secondary N) is 1. The Labute approximate surface area is 155 Å². The summed E-state index contributed by atoms with van der Waals surface area (Å²) < 4.78 is 0. The highest BCUT2D eigenvalue weighted by atomic mass is 16.1. The minimum Gasteiger partial charge on any atom is -0.399 e. The number of anilines is 1. The van der Waals surface area contributed by atoms with Crippen molar-refractivity contribution >= 4 is 11.6 Å². The van der Waals surface area contributed by atoms with Crippen LogP contribution in [-0.4, -0.2) is 23.9 Å². The minimum absolute atomic E-state index is 0.0166. The van der Waals surface area contributed by atoms with Crippen LogP contribution in [0.4, 0.5) is 5.69 Å². The highest BCUT2D eigenvalue weighted by Crippen LogP contribution is 2.31. The zero-order valence-electron chi connectivity index (χ0n) is 15.2. The number of hydrogen-bond donors (Lipinski definition) is 2. The lowest BCUT2D eigenvalue weighted by Gasteiger charge is -2.27. The third kappa shape index (κ3) is 3.75.